The number of pyridine rings is 2. The molecule has 0 radical (unpaired) electrons. The van der Waals surface area contributed by atoms with Gasteiger partial charge >= 0.3 is 0 Å². The van der Waals surface area contributed by atoms with Crippen LogP contribution in [-0.4, -0.2) is 53.6 Å². The van der Waals surface area contributed by atoms with Crippen LogP contribution in [0.3, 0.4) is 0 Å². The van der Waals surface area contributed by atoms with Crippen molar-refractivity contribution in [2.45, 2.75) is 36.1 Å². The highest BCUT2D eigenvalue weighted by molar-refractivity contribution is 7.99. The van der Waals surface area contributed by atoms with E-state index >= 15 is 0 Å². The maximum absolute atomic E-state index is 13.4. The van der Waals surface area contributed by atoms with E-state index in [9.17, 15) is 4.79 Å². The van der Waals surface area contributed by atoms with Crippen molar-refractivity contribution in [3.63, 3.8) is 0 Å². The molecule has 146 valence electrons. The van der Waals surface area contributed by atoms with Gasteiger partial charge in [0.25, 0.3) is 5.91 Å². The number of carbonyl (C=O) groups excluding carboxylic acids is 1. The van der Waals surface area contributed by atoms with E-state index < -0.39 is 0 Å². The van der Waals surface area contributed by atoms with Crippen LogP contribution < -0.4 is 0 Å². The van der Waals surface area contributed by atoms with Crippen molar-refractivity contribution in [2.24, 2.45) is 0 Å². The third kappa shape index (κ3) is 4.12. The Morgan fingerprint density at radius 1 is 1.21 bits per heavy atom. The van der Waals surface area contributed by atoms with E-state index in [4.69, 9.17) is 5.26 Å². The van der Waals surface area contributed by atoms with E-state index in [2.05, 4.69) is 33.2 Å². The second-order valence-corrected chi connectivity index (χ2v) is 8.15. The second kappa shape index (κ2) is 8.41. The molecule has 9 heteroatoms. The van der Waals surface area contributed by atoms with Crippen LogP contribution in [0, 0.1) is 11.3 Å². The molecule has 0 saturated carbocycles. The largest absolute Gasteiger partial charge is 0.335 e. The van der Waals surface area contributed by atoms with Crippen molar-refractivity contribution in [3.05, 3.63) is 60.3 Å². The summed E-state index contributed by atoms with van der Waals surface area (Å²) >= 11 is 1.61. The molecule has 0 unspecified atom stereocenters. The number of nitriles is 1. The minimum atomic E-state index is -0.0815. The van der Waals surface area contributed by atoms with Gasteiger partial charge in [-0.1, -0.05) is 0 Å². The summed E-state index contributed by atoms with van der Waals surface area (Å²) in [6.45, 7) is 2.67. The molecule has 0 spiro atoms. The van der Waals surface area contributed by atoms with E-state index in [-0.39, 0.29) is 17.2 Å². The average Bonchev–Trinajstić information content (AvgIpc) is 3.29. The van der Waals surface area contributed by atoms with Crippen molar-refractivity contribution >= 4 is 17.7 Å². The van der Waals surface area contributed by atoms with Crippen molar-refractivity contribution in [1.82, 2.24) is 29.9 Å². The Morgan fingerprint density at radius 3 is 2.83 bits per heavy atom. The van der Waals surface area contributed by atoms with Gasteiger partial charge in [0.15, 0.2) is 0 Å². The maximum atomic E-state index is 13.4. The van der Waals surface area contributed by atoms with Gasteiger partial charge in [-0.2, -0.15) is 20.3 Å². The molecule has 0 N–H and O–H groups in total. The summed E-state index contributed by atoms with van der Waals surface area (Å²) in [6.07, 6.45) is 9.88. The van der Waals surface area contributed by atoms with E-state index in [1.165, 1.54) is 4.80 Å². The molecule has 0 aliphatic carbocycles. The van der Waals surface area contributed by atoms with Crippen LogP contribution in [0.5, 0.6) is 0 Å². The molecule has 3 aromatic heterocycles. The second-order valence-electron chi connectivity index (χ2n) is 6.83. The predicted octanol–water partition coefficient (Wildman–Crippen LogP) is 2.71. The molecule has 29 heavy (non-hydrogen) atoms. The van der Waals surface area contributed by atoms with Gasteiger partial charge in [-0.15, -0.1) is 11.8 Å². The fourth-order valence-corrected chi connectivity index (χ4v) is 4.54. The Morgan fingerprint density at radius 2 is 2.03 bits per heavy atom. The van der Waals surface area contributed by atoms with Gasteiger partial charge in [-0.25, -0.2) is 4.98 Å². The molecular weight excluding hydrogens is 386 g/mol. The lowest BCUT2D eigenvalue weighted by Gasteiger charge is -2.37. The zero-order chi connectivity index (χ0) is 20.2. The molecule has 0 aromatic carbocycles. The zero-order valence-corrected chi connectivity index (χ0v) is 16.7. The van der Waals surface area contributed by atoms with Gasteiger partial charge in [0.1, 0.15) is 5.69 Å². The van der Waals surface area contributed by atoms with Crippen molar-refractivity contribution < 1.29 is 4.79 Å². The van der Waals surface area contributed by atoms with Crippen LogP contribution >= 0.6 is 11.8 Å². The molecule has 8 nitrogen and oxygen atoms in total. The van der Waals surface area contributed by atoms with E-state index in [0.717, 1.165) is 17.9 Å². The number of aromatic nitrogens is 5. The van der Waals surface area contributed by atoms with Crippen molar-refractivity contribution in [2.75, 3.05) is 6.54 Å². The summed E-state index contributed by atoms with van der Waals surface area (Å²) in [5, 5.41) is 18.4. The van der Waals surface area contributed by atoms with E-state index in [0.29, 0.717) is 23.4 Å². The number of nitrogens with zero attached hydrogens (tertiary/aromatic N) is 7. The normalized spacial score (nSPS) is 19.0. The van der Waals surface area contributed by atoms with Crippen molar-refractivity contribution in [3.8, 4) is 11.8 Å². The van der Waals surface area contributed by atoms with Gasteiger partial charge in [-0.05, 0) is 38.0 Å². The number of rotatable bonds is 4. The zero-order valence-electron chi connectivity index (χ0n) is 15.8. The van der Waals surface area contributed by atoms with Crippen molar-refractivity contribution in [1.29, 1.82) is 5.26 Å². The SMILES string of the molecule is C[C@@H]1CC[C@@H](Sc2cc(C#N)ccn2)CN1C(=O)c1cnccc1-n1nccn1. The van der Waals surface area contributed by atoms with Crippen LogP contribution in [0.15, 0.2) is 54.2 Å². The molecule has 1 aliphatic heterocycles. The summed E-state index contributed by atoms with van der Waals surface area (Å²) in [5.74, 6) is -0.0815. The van der Waals surface area contributed by atoms with Gasteiger partial charge in [0, 0.05) is 36.4 Å². The summed E-state index contributed by atoms with van der Waals surface area (Å²) < 4.78 is 0. The lowest BCUT2D eigenvalue weighted by atomic mass is 10.0. The van der Waals surface area contributed by atoms with Gasteiger partial charge in [-0.3, -0.25) is 9.78 Å². The van der Waals surface area contributed by atoms with Crippen LogP contribution in [0.4, 0.5) is 0 Å². The maximum Gasteiger partial charge on any atom is 0.257 e. The molecular formula is C20H19N7OS. The molecule has 0 bridgehead atoms. The quantitative estimate of drug-likeness (QED) is 0.658. The Balaban J connectivity index is 1.55. The van der Waals surface area contributed by atoms with Gasteiger partial charge < -0.3 is 4.90 Å². The third-order valence-electron chi connectivity index (χ3n) is 4.91. The number of hydrogen-bond donors (Lipinski definition) is 0. The first-order valence-corrected chi connectivity index (χ1v) is 10.2. The van der Waals surface area contributed by atoms with Crippen LogP contribution in [-0.2, 0) is 0 Å². The first-order chi connectivity index (χ1) is 14.2. The van der Waals surface area contributed by atoms with Crippen LogP contribution in [0.1, 0.15) is 35.7 Å². The molecule has 1 aliphatic rings. The molecule has 3 aromatic rings. The molecule has 1 saturated heterocycles. The Hall–Kier alpha value is -3.25. The Bertz CT molecular complexity index is 1050. The number of amides is 1. The summed E-state index contributed by atoms with van der Waals surface area (Å²) in [4.78, 5) is 25.2. The summed E-state index contributed by atoms with van der Waals surface area (Å²) in [5.41, 5.74) is 1.68. The first kappa shape index (κ1) is 19.1. The van der Waals surface area contributed by atoms with Gasteiger partial charge in [0.2, 0.25) is 0 Å². The molecule has 1 fully saturated rings. The van der Waals surface area contributed by atoms with Gasteiger partial charge in [0.05, 0.1) is 34.6 Å². The molecule has 4 heterocycles. The highest BCUT2D eigenvalue weighted by atomic mass is 32.2. The lowest BCUT2D eigenvalue weighted by molar-refractivity contribution is 0.0641. The van der Waals surface area contributed by atoms with E-state index in [1.807, 2.05) is 4.90 Å². The monoisotopic (exact) mass is 405 g/mol. The molecule has 1 amide bonds. The standard InChI is InChI=1S/C20H19N7OS/c1-14-2-3-16(29-19-10-15(11-21)4-7-23-19)13-26(14)20(28)17-12-22-6-5-18(17)27-24-8-9-25-27/h4-10,12,14,16H,2-3,13H2,1H3/t14-,16-/m1/s1. The number of likely N-dealkylation sites (tertiary alicyclic amines) is 1. The highest BCUT2D eigenvalue weighted by Gasteiger charge is 2.32. The topological polar surface area (TPSA) is 101 Å². The number of piperidine rings is 1. The molecule has 4 rings (SSSR count). The Kier molecular flexibility index (Phi) is 5.53. The van der Waals surface area contributed by atoms with E-state index in [1.54, 1.807) is 60.9 Å². The van der Waals surface area contributed by atoms with Crippen LogP contribution in [0.25, 0.3) is 5.69 Å². The Labute approximate surface area is 172 Å². The molecule has 2 atom stereocenters. The third-order valence-corrected chi connectivity index (χ3v) is 6.10. The summed E-state index contributed by atoms with van der Waals surface area (Å²) in [7, 11) is 0. The highest BCUT2D eigenvalue weighted by Crippen LogP contribution is 2.32. The average molecular weight is 405 g/mol. The fraction of sp³-hybridized carbons (Fsp3) is 0.300. The first-order valence-electron chi connectivity index (χ1n) is 9.30. The number of hydrogen-bond acceptors (Lipinski definition) is 7. The smallest absolute Gasteiger partial charge is 0.257 e. The predicted molar refractivity (Wildman–Crippen MR) is 107 cm³/mol. The summed E-state index contributed by atoms with van der Waals surface area (Å²) in [6, 6.07) is 7.48. The van der Waals surface area contributed by atoms with Crippen LogP contribution in [0.2, 0.25) is 0 Å². The minimum Gasteiger partial charge on any atom is -0.335 e. The fourth-order valence-electron chi connectivity index (χ4n) is 3.39. The number of carbonyl (C=O) groups is 1. The number of thioether (sulfide) groups is 1. The lowest BCUT2D eigenvalue weighted by Crippen LogP contribution is -2.46. The minimum absolute atomic E-state index is 0.0815.